The van der Waals surface area contributed by atoms with E-state index in [-0.39, 0.29) is 17.8 Å². The van der Waals surface area contributed by atoms with Gasteiger partial charge < -0.3 is 10.3 Å². The topological polar surface area (TPSA) is 85.5 Å². The Morgan fingerprint density at radius 1 is 0.929 bits per heavy atom. The van der Waals surface area contributed by atoms with E-state index in [4.69, 9.17) is 11.6 Å². The van der Waals surface area contributed by atoms with Crippen molar-refractivity contribution in [3.63, 3.8) is 0 Å². The average Bonchev–Trinajstić information content (AvgIpc) is 3.50. The molecule has 7 rings (SSSR count). The molecule has 9 heteroatoms. The molecule has 0 saturated carbocycles. The summed E-state index contributed by atoms with van der Waals surface area (Å²) in [6.45, 7) is 0.245. The number of halogens is 2. The minimum Gasteiger partial charge on any atom is -0.356 e. The number of fused-ring (bicyclic) bond motifs is 4. The van der Waals surface area contributed by atoms with Crippen molar-refractivity contribution in [2.75, 3.05) is 4.90 Å². The lowest BCUT2D eigenvalue weighted by molar-refractivity contribution is -0.120. The first-order chi connectivity index (χ1) is 20.4. The SMILES string of the molecule is O=C(NCc1ccc(Cl)cc1)c1ccccc1N1C(=O)[C@@H]2Cc3c([nH]c4ccccc34)[C@H](c3ccc(F)cc3)N2C1=O. The van der Waals surface area contributed by atoms with Crippen molar-refractivity contribution in [1.82, 2.24) is 15.2 Å². The second kappa shape index (κ2) is 10.2. The quantitative estimate of drug-likeness (QED) is 0.238. The Bertz CT molecular complexity index is 1870. The molecule has 5 aromatic rings. The fourth-order valence-corrected chi connectivity index (χ4v) is 6.15. The smallest absolute Gasteiger partial charge is 0.332 e. The molecular formula is C33H24ClFN4O3. The van der Waals surface area contributed by atoms with Gasteiger partial charge in [0.15, 0.2) is 0 Å². The highest BCUT2D eigenvalue weighted by atomic mass is 35.5. The Labute approximate surface area is 245 Å². The van der Waals surface area contributed by atoms with E-state index in [1.165, 1.54) is 12.1 Å². The molecule has 4 amide bonds. The summed E-state index contributed by atoms with van der Waals surface area (Å²) in [5.74, 6) is -1.23. The lowest BCUT2D eigenvalue weighted by atomic mass is 9.89. The second-order valence-electron chi connectivity index (χ2n) is 10.4. The number of amides is 4. The average molecular weight is 579 g/mol. The van der Waals surface area contributed by atoms with Crippen molar-refractivity contribution in [2.45, 2.75) is 25.0 Å². The minimum absolute atomic E-state index is 0.204. The van der Waals surface area contributed by atoms with Gasteiger partial charge in [0, 0.05) is 34.6 Å². The van der Waals surface area contributed by atoms with Crippen LogP contribution in [-0.2, 0) is 17.8 Å². The minimum atomic E-state index is -0.801. The normalized spacial score (nSPS) is 17.9. The summed E-state index contributed by atoms with van der Waals surface area (Å²) < 4.78 is 13.9. The van der Waals surface area contributed by atoms with Crippen LogP contribution in [-0.4, -0.2) is 33.8 Å². The highest BCUT2D eigenvalue weighted by molar-refractivity contribution is 6.30. The molecule has 4 aromatic carbocycles. The molecule has 1 aromatic heterocycles. The number of aromatic amines is 1. The third kappa shape index (κ3) is 4.23. The number of anilines is 1. The van der Waals surface area contributed by atoms with Crippen molar-refractivity contribution in [1.29, 1.82) is 0 Å². The van der Waals surface area contributed by atoms with Gasteiger partial charge in [-0.05, 0) is 59.2 Å². The van der Waals surface area contributed by atoms with Gasteiger partial charge in [0.25, 0.3) is 11.8 Å². The molecule has 7 nitrogen and oxygen atoms in total. The first-order valence-electron chi connectivity index (χ1n) is 13.5. The number of nitrogens with one attached hydrogen (secondary N) is 2. The van der Waals surface area contributed by atoms with Crippen LogP contribution in [0, 0.1) is 5.82 Å². The van der Waals surface area contributed by atoms with Crippen LogP contribution >= 0.6 is 11.6 Å². The van der Waals surface area contributed by atoms with Gasteiger partial charge in [0.05, 0.1) is 11.3 Å². The first-order valence-corrected chi connectivity index (χ1v) is 13.9. The van der Waals surface area contributed by atoms with Crippen LogP contribution < -0.4 is 10.2 Å². The number of carbonyl (C=O) groups excluding carboxylic acids is 3. The van der Waals surface area contributed by atoms with Crippen molar-refractivity contribution >= 4 is 46.0 Å². The number of H-pyrrole nitrogens is 1. The van der Waals surface area contributed by atoms with Gasteiger partial charge in [-0.15, -0.1) is 0 Å². The number of aromatic nitrogens is 1. The van der Waals surface area contributed by atoms with E-state index in [0.717, 1.165) is 32.6 Å². The van der Waals surface area contributed by atoms with E-state index in [9.17, 15) is 18.8 Å². The van der Waals surface area contributed by atoms with Gasteiger partial charge in [-0.25, -0.2) is 14.1 Å². The van der Waals surface area contributed by atoms with Crippen molar-refractivity contribution in [3.05, 3.63) is 136 Å². The molecule has 2 aliphatic heterocycles. The van der Waals surface area contributed by atoms with Crippen LogP contribution in [0.4, 0.5) is 14.9 Å². The summed E-state index contributed by atoms with van der Waals surface area (Å²) in [6.07, 6.45) is 0.309. The molecule has 0 bridgehead atoms. The molecule has 0 aliphatic carbocycles. The van der Waals surface area contributed by atoms with Gasteiger partial charge in [-0.3, -0.25) is 14.5 Å². The molecule has 2 N–H and O–H groups in total. The lowest BCUT2D eigenvalue weighted by Gasteiger charge is -2.36. The third-order valence-corrected chi connectivity index (χ3v) is 8.24. The lowest BCUT2D eigenvalue weighted by Crippen LogP contribution is -2.44. The number of nitrogens with zero attached hydrogens (tertiary/aromatic N) is 2. The molecule has 1 fully saturated rings. The zero-order chi connectivity index (χ0) is 29.0. The summed E-state index contributed by atoms with van der Waals surface area (Å²) in [6, 6.07) is 25.5. The summed E-state index contributed by atoms with van der Waals surface area (Å²) in [5.41, 5.74) is 4.57. The van der Waals surface area contributed by atoms with Crippen LogP contribution in [0.15, 0.2) is 97.1 Å². The molecule has 2 atom stereocenters. The van der Waals surface area contributed by atoms with Crippen molar-refractivity contribution in [2.24, 2.45) is 0 Å². The molecule has 42 heavy (non-hydrogen) atoms. The summed E-state index contributed by atoms with van der Waals surface area (Å²) in [4.78, 5) is 47.8. The van der Waals surface area contributed by atoms with Crippen LogP contribution in [0.2, 0.25) is 5.02 Å². The number of hydrogen-bond donors (Lipinski definition) is 2. The highest BCUT2D eigenvalue weighted by Gasteiger charge is 2.53. The third-order valence-electron chi connectivity index (χ3n) is 7.99. The predicted molar refractivity (Wildman–Crippen MR) is 158 cm³/mol. The van der Waals surface area contributed by atoms with Gasteiger partial charge in [0.2, 0.25) is 0 Å². The predicted octanol–water partition coefficient (Wildman–Crippen LogP) is 6.37. The van der Waals surface area contributed by atoms with Crippen molar-refractivity contribution in [3.8, 4) is 0 Å². The fraction of sp³-hybridized carbons (Fsp3) is 0.121. The molecule has 3 heterocycles. The van der Waals surface area contributed by atoms with Crippen LogP contribution in [0.25, 0.3) is 10.9 Å². The Balaban J connectivity index is 1.27. The molecule has 0 spiro atoms. The Morgan fingerprint density at radius 3 is 2.43 bits per heavy atom. The summed E-state index contributed by atoms with van der Waals surface area (Å²) >= 11 is 5.97. The number of rotatable bonds is 5. The largest absolute Gasteiger partial charge is 0.356 e. The number of imide groups is 1. The summed E-state index contributed by atoms with van der Waals surface area (Å²) in [5, 5.41) is 4.44. The van der Waals surface area contributed by atoms with E-state index in [2.05, 4.69) is 10.3 Å². The van der Waals surface area contributed by atoms with Gasteiger partial charge >= 0.3 is 6.03 Å². The molecule has 0 unspecified atom stereocenters. The van der Waals surface area contributed by atoms with E-state index in [1.54, 1.807) is 53.4 Å². The maximum atomic E-state index is 14.2. The van der Waals surface area contributed by atoms with E-state index in [1.807, 2.05) is 36.4 Å². The fourth-order valence-electron chi connectivity index (χ4n) is 6.03. The summed E-state index contributed by atoms with van der Waals surface area (Å²) in [7, 11) is 0. The van der Waals surface area contributed by atoms with Gasteiger partial charge in [0.1, 0.15) is 17.9 Å². The monoisotopic (exact) mass is 578 g/mol. The van der Waals surface area contributed by atoms with Crippen molar-refractivity contribution < 1.29 is 18.8 Å². The Hall–Kier alpha value is -4.95. The van der Waals surface area contributed by atoms with E-state index in [0.29, 0.717) is 17.0 Å². The molecule has 0 radical (unpaired) electrons. The number of urea groups is 1. The number of carbonyl (C=O) groups is 3. The molecule has 208 valence electrons. The van der Waals surface area contributed by atoms with Crippen LogP contribution in [0.1, 0.15) is 38.8 Å². The maximum absolute atomic E-state index is 14.2. The molecule has 2 aliphatic rings. The van der Waals surface area contributed by atoms with E-state index < -0.39 is 35.7 Å². The Morgan fingerprint density at radius 2 is 1.64 bits per heavy atom. The van der Waals surface area contributed by atoms with Gasteiger partial charge in [-0.1, -0.05) is 66.2 Å². The van der Waals surface area contributed by atoms with Crippen LogP contribution in [0.3, 0.4) is 0 Å². The Kier molecular flexibility index (Phi) is 6.28. The number of benzene rings is 4. The van der Waals surface area contributed by atoms with Gasteiger partial charge in [-0.2, -0.15) is 0 Å². The zero-order valence-corrected chi connectivity index (χ0v) is 22.9. The number of hydrogen-bond acceptors (Lipinski definition) is 3. The first kappa shape index (κ1) is 26.0. The molecular weight excluding hydrogens is 555 g/mol. The zero-order valence-electron chi connectivity index (χ0n) is 22.2. The second-order valence-corrected chi connectivity index (χ2v) is 10.9. The van der Waals surface area contributed by atoms with Crippen LogP contribution in [0.5, 0.6) is 0 Å². The highest BCUT2D eigenvalue weighted by Crippen LogP contribution is 2.45. The molecule has 1 saturated heterocycles. The maximum Gasteiger partial charge on any atom is 0.332 e. The standard InChI is InChI=1S/C33H24ClFN4O3/c34-21-13-9-19(10-14-21)18-36-31(40)24-6-2-4-8-27(24)39-32(41)28-17-25-23-5-1-3-7-26(23)37-29(25)30(38(28)33(39)42)20-11-15-22(35)16-12-20/h1-16,28,30,37H,17-18H2,(H,36,40)/t28-,30-/m0/s1. The van der Waals surface area contributed by atoms with E-state index >= 15 is 0 Å². The number of para-hydroxylation sites is 2.